The predicted octanol–water partition coefficient (Wildman–Crippen LogP) is 1.62. The summed E-state index contributed by atoms with van der Waals surface area (Å²) in [5.41, 5.74) is 1.46. The molecule has 0 bridgehead atoms. The second-order valence-corrected chi connectivity index (χ2v) is 5.18. The molecule has 3 rings (SSSR count). The SMILES string of the molecule is COc1ccc(-c2cnn(C)c(=O)c2)cc1OC1CCOC1. The van der Waals surface area contributed by atoms with Crippen LogP contribution in [-0.4, -0.2) is 36.2 Å². The molecule has 0 aliphatic carbocycles. The monoisotopic (exact) mass is 302 g/mol. The van der Waals surface area contributed by atoms with Crippen molar-refractivity contribution < 1.29 is 14.2 Å². The molecule has 0 radical (unpaired) electrons. The fourth-order valence-electron chi connectivity index (χ4n) is 2.36. The second-order valence-electron chi connectivity index (χ2n) is 5.18. The van der Waals surface area contributed by atoms with Gasteiger partial charge in [-0.1, -0.05) is 6.07 Å². The molecule has 0 saturated carbocycles. The maximum absolute atomic E-state index is 11.7. The van der Waals surface area contributed by atoms with Crippen LogP contribution in [0.25, 0.3) is 11.1 Å². The molecule has 22 heavy (non-hydrogen) atoms. The average molecular weight is 302 g/mol. The van der Waals surface area contributed by atoms with Crippen LogP contribution >= 0.6 is 0 Å². The summed E-state index contributed by atoms with van der Waals surface area (Å²) in [7, 11) is 3.22. The van der Waals surface area contributed by atoms with Crippen molar-refractivity contribution in [1.82, 2.24) is 9.78 Å². The molecule has 0 amide bonds. The number of ether oxygens (including phenoxy) is 3. The van der Waals surface area contributed by atoms with E-state index in [1.165, 1.54) is 4.68 Å². The van der Waals surface area contributed by atoms with E-state index in [2.05, 4.69) is 5.10 Å². The lowest BCUT2D eigenvalue weighted by Gasteiger charge is -2.16. The summed E-state index contributed by atoms with van der Waals surface area (Å²) in [5.74, 6) is 1.31. The van der Waals surface area contributed by atoms with Crippen molar-refractivity contribution in [3.8, 4) is 22.6 Å². The second kappa shape index (κ2) is 6.19. The largest absolute Gasteiger partial charge is 0.493 e. The lowest BCUT2D eigenvalue weighted by Crippen LogP contribution is -2.18. The third-order valence-corrected chi connectivity index (χ3v) is 3.65. The zero-order valence-electron chi connectivity index (χ0n) is 12.6. The van der Waals surface area contributed by atoms with Crippen LogP contribution in [0.5, 0.6) is 11.5 Å². The van der Waals surface area contributed by atoms with Gasteiger partial charge in [-0.25, -0.2) is 4.68 Å². The van der Waals surface area contributed by atoms with Crippen molar-refractivity contribution in [3.63, 3.8) is 0 Å². The number of aryl methyl sites for hydroxylation is 1. The lowest BCUT2D eigenvalue weighted by atomic mass is 10.1. The Balaban J connectivity index is 1.94. The zero-order valence-corrected chi connectivity index (χ0v) is 12.6. The topological polar surface area (TPSA) is 62.6 Å². The van der Waals surface area contributed by atoms with Crippen LogP contribution in [0.3, 0.4) is 0 Å². The van der Waals surface area contributed by atoms with Crippen LogP contribution in [0.15, 0.2) is 35.3 Å². The first-order chi connectivity index (χ1) is 10.7. The predicted molar refractivity (Wildman–Crippen MR) is 81.3 cm³/mol. The Bertz CT molecular complexity index is 720. The van der Waals surface area contributed by atoms with Gasteiger partial charge in [0.2, 0.25) is 0 Å². The summed E-state index contributed by atoms with van der Waals surface area (Å²) >= 11 is 0. The Hall–Kier alpha value is -2.34. The fourth-order valence-corrected chi connectivity index (χ4v) is 2.36. The molecule has 1 saturated heterocycles. The van der Waals surface area contributed by atoms with E-state index in [1.807, 2.05) is 18.2 Å². The van der Waals surface area contributed by atoms with E-state index in [0.717, 1.165) is 17.5 Å². The van der Waals surface area contributed by atoms with E-state index in [-0.39, 0.29) is 11.7 Å². The molecule has 1 aromatic carbocycles. The maximum atomic E-state index is 11.7. The van der Waals surface area contributed by atoms with E-state index >= 15 is 0 Å². The molecule has 6 nitrogen and oxygen atoms in total. The normalized spacial score (nSPS) is 17.5. The van der Waals surface area contributed by atoms with Gasteiger partial charge < -0.3 is 14.2 Å². The highest BCUT2D eigenvalue weighted by atomic mass is 16.6. The summed E-state index contributed by atoms with van der Waals surface area (Å²) in [6, 6.07) is 7.14. The van der Waals surface area contributed by atoms with Crippen LogP contribution in [0.1, 0.15) is 6.42 Å². The summed E-state index contributed by atoms with van der Waals surface area (Å²) < 4.78 is 17.9. The van der Waals surface area contributed by atoms with Gasteiger partial charge in [-0.2, -0.15) is 5.10 Å². The first-order valence-corrected chi connectivity index (χ1v) is 7.13. The van der Waals surface area contributed by atoms with E-state index in [0.29, 0.717) is 24.7 Å². The lowest BCUT2D eigenvalue weighted by molar-refractivity contribution is 0.138. The molecule has 0 spiro atoms. The Morgan fingerprint density at radius 2 is 2.14 bits per heavy atom. The van der Waals surface area contributed by atoms with Crippen LogP contribution in [0.4, 0.5) is 0 Å². The van der Waals surface area contributed by atoms with Crippen LogP contribution < -0.4 is 15.0 Å². The van der Waals surface area contributed by atoms with E-state index in [9.17, 15) is 4.79 Å². The van der Waals surface area contributed by atoms with Crippen molar-refractivity contribution in [2.24, 2.45) is 7.05 Å². The Morgan fingerprint density at radius 1 is 1.27 bits per heavy atom. The molecule has 1 aromatic heterocycles. The third-order valence-electron chi connectivity index (χ3n) is 3.65. The summed E-state index contributed by atoms with van der Waals surface area (Å²) in [6.07, 6.45) is 2.55. The van der Waals surface area contributed by atoms with Crippen molar-refractivity contribution in [1.29, 1.82) is 0 Å². The van der Waals surface area contributed by atoms with Gasteiger partial charge in [-0.15, -0.1) is 0 Å². The smallest absolute Gasteiger partial charge is 0.267 e. The van der Waals surface area contributed by atoms with Gasteiger partial charge >= 0.3 is 0 Å². The first-order valence-electron chi connectivity index (χ1n) is 7.13. The third kappa shape index (κ3) is 2.96. The van der Waals surface area contributed by atoms with Gasteiger partial charge in [0.1, 0.15) is 6.10 Å². The first kappa shape index (κ1) is 14.6. The van der Waals surface area contributed by atoms with Crippen LogP contribution in [-0.2, 0) is 11.8 Å². The summed E-state index contributed by atoms with van der Waals surface area (Å²) in [5, 5.41) is 4.04. The van der Waals surface area contributed by atoms with Crippen LogP contribution in [0.2, 0.25) is 0 Å². The molecule has 6 heteroatoms. The van der Waals surface area contributed by atoms with E-state index < -0.39 is 0 Å². The Labute approximate surface area is 128 Å². The Morgan fingerprint density at radius 3 is 2.82 bits per heavy atom. The number of hydrogen-bond donors (Lipinski definition) is 0. The van der Waals surface area contributed by atoms with Crippen molar-refractivity contribution in [3.05, 3.63) is 40.8 Å². The number of hydrogen-bond acceptors (Lipinski definition) is 5. The molecule has 1 aliphatic heterocycles. The van der Waals surface area contributed by atoms with Crippen molar-refractivity contribution >= 4 is 0 Å². The van der Waals surface area contributed by atoms with Gasteiger partial charge in [-0.3, -0.25) is 4.79 Å². The standard InChI is InChI=1S/C16H18N2O4/c1-18-16(19)8-12(9-17-18)11-3-4-14(20-2)15(7-11)22-13-5-6-21-10-13/h3-4,7-9,13H,5-6,10H2,1-2H3. The molecule has 1 aliphatic rings. The number of rotatable bonds is 4. The molecule has 0 N–H and O–H groups in total. The minimum atomic E-state index is -0.153. The maximum Gasteiger partial charge on any atom is 0.267 e. The molecule has 2 heterocycles. The van der Waals surface area contributed by atoms with Gasteiger partial charge in [0, 0.05) is 25.1 Å². The number of aromatic nitrogens is 2. The van der Waals surface area contributed by atoms with Gasteiger partial charge in [-0.05, 0) is 17.7 Å². The van der Waals surface area contributed by atoms with Crippen LogP contribution in [0, 0.1) is 0 Å². The molecule has 1 fully saturated rings. The molecule has 1 atom stereocenters. The quantitative estimate of drug-likeness (QED) is 0.859. The van der Waals surface area contributed by atoms with Gasteiger partial charge in [0.15, 0.2) is 11.5 Å². The minimum absolute atomic E-state index is 0.0333. The zero-order chi connectivity index (χ0) is 15.5. The van der Waals surface area contributed by atoms with Gasteiger partial charge in [0.25, 0.3) is 5.56 Å². The number of benzene rings is 1. The molecule has 1 unspecified atom stereocenters. The molecule has 2 aromatic rings. The van der Waals surface area contributed by atoms with Crippen molar-refractivity contribution in [2.75, 3.05) is 20.3 Å². The molecular formula is C16H18N2O4. The Kier molecular flexibility index (Phi) is 4.11. The molecule has 116 valence electrons. The highest BCUT2D eigenvalue weighted by molar-refractivity contribution is 5.66. The van der Waals surface area contributed by atoms with Gasteiger partial charge in [0.05, 0.1) is 26.5 Å². The fraction of sp³-hybridized carbons (Fsp3) is 0.375. The molecular weight excluding hydrogens is 284 g/mol. The van der Waals surface area contributed by atoms with Crippen molar-refractivity contribution in [2.45, 2.75) is 12.5 Å². The highest BCUT2D eigenvalue weighted by Crippen LogP contribution is 2.33. The summed E-state index contributed by atoms with van der Waals surface area (Å²) in [6.45, 7) is 1.30. The summed E-state index contributed by atoms with van der Waals surface area (Å²) in [4.78, 5) is 11.7. The van der Waals surface area contributed by atoms with E-state index in [4.69, 9.17) is 14.2 Å². The average Bonchev–Trinajstić information content (AvgIpc) is 3.03. The van der Waals surface area contributed by atoms with E-state index in [1.54, 1.807) is 26.4 Å². The highest BCUT2D eigenvalue weighted by Gasteiger charge is 2.19. The number of methoxy groups -OCH3 is 1. The number of nitrogens with zero attached hydrogens (tertiary/aromatic N) is 2. The minimum Gasteiger partial charge on any atom is -0.493 e.